The predicted molar refractivity (Wildman–Crippen MR) is 117 cm³/mol. The van der Waals surface area contributed by atoms with Gasteiger partial charge in [0, 0.05) is 34.9 Å². The topological polar surface area (TPSA) is 84.7 Å². The Bertz CT molecular complexity index is 1140. The van der Waals surface area contributed by atoms with Crippen LogP contribution in [0.5, 0.6) is 0 Å². The first-order valence-electron chi connectivity index (χ1n) is 9.32. The van der Waals surface area contributed by atoms with Gasteiger partial charge >= 0.3 is 0 Å². The zero-order chi connectivity index (χ0) is 20.9. The number of hydrogen-bond donors (Lipinski definition) is 2. The number of aryl methyl sites for hydroxylation is 1. The van der Waals surface area contributed by atoms with E-state index in [4.69, 9.17) is 11.6 Å². The van der Waals surface area contributed by atoms with E-state index in [-0.39, 0.29) is 12.3 Å². The summed E-state index contributed by atoms with van der Waals surface area (Å²) >= 11 is 5.88. The molecule has 0 aliphatic rings. The van der Waals surface area contributed by atoms with E-state index >= 15 is 0 Å². The number of aromatic nitrogens is 4. The highest BCUT2D eigenvalue weighted by Crippen LogP contribution is 2.19. The SMILES string of the molecule is Cc1nc(Nc2ccc(NC(=O)Cc3ccc(Cl)cc3)cc2)cc(-n2cccn2)n1. The van der Waals surface area contributed by atoms with Gasteiger partial charge in [-0.25, -0.2) is 14.6 Å². The van der Waals surface area contributed by atoms with Crippen molar-refractivity contribution in [1.82, 2.24) is 19.7 Å². The van der Waals surface area contributed by atoms with Gasteiger partial charge in [-0.3, -0.25) is 4.79 Å². The van der Waals surface area contributed by atoms with Crippen LogP contribution in [0.15, 0.2) is 73.1 Å². The van der Waals surface area contributed by atoms with Gasteiger partial charge in [-0.2, -0.15) is 5.10 Å². The molecular weight excluding hydrogens is 400 g/mol. The Kier molecular flexibility index (Phi) is 5.72. The minimum atomic E-state index is -0.0895. The Morgan fingerprint density at radius 3 is 2.47 bits per heavy atom. The number of amides is 1. The number of hydrogen-bond acceptors (Lipinski definition) is 5. The number of anilines is 3. The number of carbonyl (C=O) groups excluding carboxylic acids is 1. The molecule has 0 aliphatic carbocycles. The third kappa shape index (κ3) is 5.01. The molecule has 4 rings (SSSR count). The summed E-state index contributed by atoms with van der Waals surface area (Å²) in [6.45, 7) is 1.83. The monoisotopic (exact) mass is 418 g/mol. The Morgan fingerprint density at radius 1 is 1.03 bits per heavy atom. The first-order chi connectivity index (χ1) is 14.5. The Labute approximate surface area is 178 Å². The van der Waals surface area contributed by atoms with Gasteiger partial charge in [0.2, 0.25) is 5.91 Å². The molecule has 0 radical (unpaired) electrons. The Balaban J connectivity index is 1.40. The highest BCUT2D eigenvalue weighted by Gasteiger charge is 2.07. The van der Waals surface area contributed by atoms with Crippen LogP contribution in [-0.2, 0) is 11.2 Å². The van der Waals surface area contributed by atoms with Crippen LogP contribution in [0.2, 0.25) is 5.02 Å². The molecule has 30 heavy (non-hydrogen) atoms. The molecule has 0 saturated carbocycles. The zero-order valence-corrected chi connectivity index (χ0v) is 17.0. The summed E-state index contributed by atoms with van der Waals surface area (Å²) in [5, 5.41) is 11.0. The first-order valence-corrected chi connectivity index (χ1v) is 9.70. The van der Waals surface area contributed by atoms with Crippen molar-refractivity contribution in [3.8, 4) is 5.82 Å². The van der Waals surface area contributed by atoms with Crippen molar-refractivity contribution in [2.24, 2.45) is 0 Å². The Morgan fingerprint density at radius 2 is 1.77 bits per heavy atom. The highest BCUT2D eigenvalue weighted by molar-refractivity contribution is 6.30. The molecule has 0 atom stereocenters. The fourth-order valence-electron chi connectivity index (χ4n) is 2.92. The molecule has 150 valence electrons. The average molecular weight is 419 g/mol. The van der Waals surface area contributed by atoms with Gasteiger partial charge in [-0.1, -0.05) is 23.7 Å². The maximum atomic E-state index is 12.2. The smallest absolute Gasteiger partial charge is 0.228 e. The molecule has 7 nitrogen and oxygen atoms in total. The van der Waals surface area contributed by atoms with Crippen LogP contribution < -0.4 is 10.6 Å². The van der Waals surface area contributed by atoms with Crippen molar-refractivity contribution < 1.29 is 4.79 Å². The number of nitrogens with zero attached hydrogens (tertiary/aromatic N) is 4. The van der Waals surface area contributed by atoms with Crippen molar-refractivity contribution in [1.29, 1.82) is 0 Å². The van der Waals surface area contributed by atoms with E-state index in [1.807, 2.05) is 61.7 Å². The normalized spacial score (nSPS) is 10.6. The molecule has 0 saturated heterocycles. The molecule has 0 unspecified atom stereocenters. The van der Waals surface area contributed by atoms with Gasteiger partial charge in [-0.15, -0.1) is 0 Å². The molecule has 4 aromatic rings. The van der Waals surface area contributed by atoms with Crippen LogP contribution in [0.3, 0.4) is 0 Å². The van der Waals surface area contributed by atoms with Crippen molar-refractivity contribution >= 4 is 34.7 Å². The molecule has 0 bridgehead atoms. The largest absolute Gasteiger partial charge is 0.340 e. The average Bonchev–Trinajstić information content (AvgIpc) is 3.26. The van der Waals surface area contributed by atoms with Crippen molar-refractivity contribution in [2.45, 2.75) is 13.3 Å². The number of rotatable bonds is 6. The molecule has 8 heteroatoms. The fourth-order valence-corrected chi connectivity index (χ4v) is 3.04. The highest BCUT2D eigenvalue weighted by atomic mass is 35.5. The van der Waals surface area contributed by atoms with E-state index in [1.54, 1.807) is 23.0 Å². The molecular formula is C22H19ClN6O. The number of nitrogens with one attached hydrogen (secondary N) is 2. The van der Waals surface area contributed by atoms with E-state index in [0.717, 1.165) is 16.9 Å². The van der Waals surface area contributed by atoms with Gasteiger partial charge < -0.3 is 10.6 Å². The van der Waals surface area contributed by atoms with Gasteiger partial charge in [-0.05, 0) is 55.0 Å². The third-order valence-electron chi connectivity index (χ3n) is 4.28. The van der Waals surface area contributed by atoms with Gasteiger partial charge in [0.15, 0.2) is 5.82 Å². The molecule has 2 aromatic carbocycles. The lowest BCUT2D eigenvalue weighted by Crippen LogP contribution is -2.14. The van der Waals surface area contributed by atoms with Crippen LogP contribution in [0.4, 0.5) is 17.2 Å². The van der Waals surface area contributed by atoms with Crippen LogP contribution >= 0.6 is 11.6 Å². The summed E-state index contributed by atoms with van der Waals surface area (Å²) in [5.74, 6) is 1.89. The summed E-state index contributed by atoms with van der Waals surface area (Å²) in [4.78, 5) is 21.1. The summed E-state index contributed by atoms with van der Waals surface area (Å²) in [6, 6.07) is 18.3. The van der Waals surface area contributed by atoms with E-state index in [9.17, 15) is 4.79 Å². The molecule has 0 aliphatic heterocycles. The standard InChI is InChI=1S/C22H19ClN6O/c1-15-25-20(14-21(26-15)29-12-2-11-24-29)27-18-7-9-19(10-8-18)28-22(30)13-16-3-5-17(23)6-4-16/h2-12,14H,13H2,1H3,(H,28,30)(H,25,26,27). The molecule has 2 N–H and O–H groups in total. The molecule has 2 aromatic heterocycles. The van der Waals surface area contributed by atoms with E-state index in [2.05, 4.69) is 25.7 Å². The lowest BCUT2D eigenvalue weighted by Gasteiger charge is -2.10. The third-order valence-corrected chi connectivity index (χ3v) is 4.53. The fraction of sp³-hybridized carbons (Fsp3) is 0.0909. The Hall–Kier alpha value is -3.71. The maximum absolute atomic E-state index is 12.2. The summed E-state index contributed by atoms with van der Waals surface area (Å²) < 4.78 is 1.68. The second-order valence-corrected chi connectivity index (χ2v) is 7.10. The molecule has 0 spiro atoms. The number of benzene rings is 2. The quantitative estimate of drug-likeness (QED) is 0.480. The van der Waals surface area contributed by atoms with Crippen LogP contribution in [0.25, 0.3) is 5.82 Å². The van der Waals surface area contributed by atoms with Gasteiger partial charge in [0.25, 0.3) is 0 Å². The molecule has 1 amide bonds. The van der Waals surface area contributed by atoms with Crippen LogP contribution in [0.1, 0.15) is 11.4 Å². The predicted octanol–water partition coefficient (Wildman–Crippen LogP) is 4.55. The van der Waals surface area contributed by atoms with Crippen molar-refractivity contribution in [3.63, 3.8) is 0 Å². The minimum absolute atomic E-state index is 0.0895. The number of halogens is 1. The first kappa shape index (κ1) is 19.6. The lowest BCUT2D eigenvalue weighted by atomic mass is 10.1. The summed E-state index contributed by atoms with van der Waals surface area (Å²) in [7, 11) is 0. The van der Waals surface area contributed by atoms with E-state index < -0.39 is 0 Å². The van der Waals surface area contributed by atoms with Crippen LogP contribution in [0, 0.1) is 6.92 Å². The van der Waals surface area contributed by atoms with Gasteiger partial charge in [0.05, 0.1) is 6.42 Å². The molecule has 2 heterocycles. The molecule has 0 fully saturated rings. The van der Waals surface area contributed by atoms with Gasteiger partial charge in [0.1, 0.15) is 11.6 Å². The second kappa shape index (κ2) is 8.75. The summed E-state index contributed by atoms with van der Waals surface area (Å²) in [6.07, 6.45) is 3.81. The lowest BCUT2D eigenvalue weighted by molar-refractivity contribution is -0.115. The maximum Gasteiger partial charge on any atom is 0.228 e. The van der Waals surface area contributed by atoms with E-state index in [1.165, 1.54) is 0 Å². The van der Waals surface area contributed by atoms with Crippen molar-refractivity contribution in [2.75, 3.05) is 10.6 Å². The second-order valence-electron chi connectivity index (χ2n) is 6.66. The van der Waals surface area contributed by atoms with E-state index in [0.29, 0.717) is 22.5 Å². The summed E-state index contributed by atoms with van der Waals surface area (Å²) in [5.41, 5.74) is 2.47. The number of carbonyl (C=O) groups is 1. The minimum Gasteiger partial charge on any atom is -0.340 e. The zero-order valence-electron chi connectivity index (χ0n) is 16.2. The van der Waals surface area contributed by atoms with Crippen molar-refractivity contribution in [3.05, 3.63) is 89.5 Å². The van der Waals surface area contributed by atoms with Crippen LogP contribution in [-0.4, -0.2) is 25.7 Å².